The van der Waals surface area contributed by atoms with Crippen molar-refractivity contribution in [3.63, 3.8) is 0 Å². The molecule has 2 aromatic carbocycles. The first kappa shape index (κ1) is 14.0. The Morgan fingerprint density at radius 3 is 2.52 bits per heavy atom. The van der Waals surface area contributed by atoms with E-state index in [9.17, 15) is 8.42 Å². The molecule has 4 nitrogen and oxygen atoms in total. The predicted octanol–water partition coefficient (Wildman–Crippen LogP) is 3.67. The van der Waals surface area contributed by atoms with Gasteiger partial charge in [-0.1, -0.05) is 42.5 Å². The van der Waals surface area contributed by atoms with Gasteiger partial charge in [-0.2, -0.15) is 0 Å². The Labute approximate surface area is 126 Å². The number of H-pyrrole nitrogens is 1. The van der Waals surface area contributed by atoms with E-state index in [1.54, 1.807) is 18.2 Å². The summed E-state index contributed by atoms with van der Waals surface area (Å²) in [4.78, 5) is 2.97. The molecular formula is C15H12ClNO3S. The van der Waals surface area contributed by atoms with Crippen molar-refractivity contribution < 1.29 is 13.2 Å². The molecule has 108 valence electrons. The Balaban J connectivity index is 1.95. The van der Waals surface area contributed by atoms with Gasteiger partial charge < -0.3 is 9.72 Å². The van der Waals surface area contributed by atoms with E-state index < -0.39 is 9.05 Å². The molecule has 0 aliphatic carbocycles. The monoisotopic (exact) mass is 321 g/mol. The van der Waals surface area contributed by atoms with E-state index in [0.29, 0.717) is 23.3 Å². The fourth-order valence-corrected chi connectivity index (χ4v) is 3.17. The number of para-hydroxylation sites is 1. The van der Waals surface area contributed by atoms with Crippen LogP contribution in [0.25, 0.3) is 10.9 Å². The highest BCUT2D eigenvalue weighted by atomic mass is 35.7. The van der Waals surface area contributed by atoms with Gasteiger partial charge in [-0.05, 0) is 11.6 Å². The minimum absolute atomic E-state index is 0.0596. The molecule has 0 bridgehead atoms. The summed E-state index contributed by atoms with van der Waals surface area (Å²) in [6.45, 7) is 0.405. The van der Waals surface area contributed by atoms with Crippen molar-refractivity contribution in [1.82, 2.24) is 4.98 Å². The third-order valence-electron chi connectivity index (χ3n) is 3.14. The second kappa shape index (κ2) is 5.42. The summed E-state index contributed by atoms with van der Waals surface area (Å²) in [7, 11) is 1.63. The van der Waals surface area contributed by atoms with Crippen LogP contribution >= 0.6 is 10.7 Å². The van der Waals surface area contributed by atoms with Crippen molar-refractivity contribution >= 4 is 30.6 Å². The lowest BCUT2D eigenvalue weighted by molar-refractivity contribution is 0.309. The van der Waals surface area contributed by atoms with E-state index in [2.05, 4.69) is 4.98 Å². The Hall–Kier alpha value is -1.98. The average Bonchev–Trinajstić information content (AvgIpc) is 2.90. The van der Waals surface area contributed by atoms with Crippen LogP contribution in [-0.2, 0) is 15.7 Å². The number of aromatic amines is 1. The minimum Gasteiger partial charge on any atom is -0.487 e. The van der Waals surface area contributed by atoms with Crippen LogP contribution in [0.3, 0.4) is 0 Å². The van der Waals surface area contributed by atoms with Crippen molar-refractivity contribution in [3.8, 4) is 5.75 Å². The van der Waals surface area contributed by atoms with Crippen molar-refractivity contribution in [3.05, 3.63) is 60.3 Å². The van der Waals surface area contributed by atoms with E-state index in [0.717, 1.165) is 5.56 Å². The molecule has 0 atom stereocenters. The van der Waals surface area contributed by atoms with Crippen molar-refractivity contribution in [1.29, 1.82) is 0 Å². The zero-order chi connectivity index (χ0) is 14.9. The van der Waals surface area contributed by atoms with Crippen LogP contribution in [0.4, 0.5) is 0 Å². The predicted molar refractivity (Wildman–Crippen MR) is 82.1 cm³/mol. The van der Waals surface area contributed by atoms with E-state index in [4.69, 9.17) is 15.4 Å². The van der Waals surface area contributed by atoms with E-state index in [1.165, 1.54) is 6.20 Å². The molecule has 1 N–H and O–H groups in total. The lowest BCUT2D eigenvalue weighted by atomic mass is 10.2. The number of aromatic nitrogens is 1. The number of rotatable bonds is 4. The number of hydrogen-bond donors (Lipinski definition) is 1. The van der Waals surface area contributed by atoms with E-state index in [1.807, 2.05) is 30.3 Å². The molecule has 1 heterocycles. The Morgan fingerprint density at radius 2 is 1.81 bits per heavy atom. The third kappa shape index (κ3) is 2.89. The van der Waals surface area contributed by atoms with Gasteiger partial charge in [-0.25, -0.2) is 8.42 Å². The summed E-state index contributed by atoms with van der Waals surface area (Å²) < 4.78 is 28.8. The first-order chi connectivity index (χ1) is 10.1. The van der Waals surface area contributed by atoms with Gasteiger partial charge in [0.1, 0.15) is 17.3 Å². The van der Waals surface area contributed by atoms with Gasteiger partial charge in [-0.3, -0.25) is 0 Å². The maximum absolute atomic E-state index is 11.5. The second-order valence-electron chi connectivity index (χ2n) is 4.54. The average molecular weight is 322 g/mol. The maximum atomic E-state index is 11.5. The van der Waals surface area contributed by atoms with E-state index >= 15 is 0 Å². The fourth-order valence-electron chi connectivity index (χ4n) is 2.16. The lowest BCUT2D eigenvalue weighted by Gasteiger charge is -2.07. The van der Waals surface area contributed by atoms with Crippen molar-refractivity contribution in [2.24, 2.45) is 0 Å². The van der Waals surface area contributed by atoms with E-state index in [-0.39, 0.29) is 4.90 Å². The quantitative estimate of drug-likeness (QED) is 0.746. The standard InChI is InChI=1S/C15H12ClNO3S/c16-21(18,19)14-9-17-15-12(14)7-4-8-13(15)20-10-11-5-2-1-3-6-11/h1-9,17H,10H2. The molecule has 21 heavy (non-hydrogen) atoms. The van der Waals surface area contributed by atoms with Crippen LogP contribution in [0.5, 0.6) is 5.75 Å². The zero-order valence-electron chi connectivity index (χ0n) is 10.9. The molecule has 0 amide bonds. The number of halogens is 1. The molecular weight excluding hydrogens is 310 g/mol. The zero-order valence-corrected chi connectivity index (χ0v) is 12.5. The summed E-state index contributed by atoms with van der Waals surface area (Å²) in [5.74, 6) is 0.586. The first-order valence-corrected chi connectivity index (χ1v) is 8.58. The van der Waals surface area contributed by atoms with Crippen LogP contribution in [0.1, 0.15) is 5.56 Å². The summed E-state index contributed by atoms with van der Waals surface area (Å²) >= 11 is 0. The Bertz CT molecular complexity index is 872. The minimum atomic E-state index is -3.78. The molecule has 3 rings (SSSR count). The molecule has 0 spiro atoms. The van der Waals surface area contributed by atoms with Gasteiger partial charge in [0.25, 0.3) is 9.05 Å². The summed E-state index contributed by atoms with van der Waals surface area (Å²) in [6, 6.07) is 14.9. The van der Waals surface area contributed by atoms with Gasteiger partial charge in [0.15, 0.2) is 0 Å². The van der Waals surface area contributed by atoms with Gasteiger partial charge in [-0.15, -0.1) is 0 Å². The smallest absolute Gasteiger partial charge is 0.263 e. The van der Waals surface area contributed by atoms with Crippen LogP contribution in [0.2, 0.25) is 0 Å². The summed E-state index contributed by atoms with van der Waals surface area (Å²) in [5, 5.41) is 0.524. The largest absolute Gasteiger partial charge is 0.487 e. The number of ether oxygens (including phenoxy) is 1. The highest BCUT2D eigenvalue weighted by molar-refractivity contribution is 8.14. The highest BCUT2D eigenvalue weighted by Gasteiger charge is 2.17. The lowest BCUT2D eigenvalue weighted by Crippen LogP contribution is -1.95. The van der Waals surface area contributed by atoms with Crippen LogP contribution in [0.15, 0.2) is 59.6 Å². The van der Waals surface area contributed by atoms with Gasteiger partial charge in [0, 0.05) is 22.3 Å². The van der Waals surface area contributed by atoms with Crippen LogP contribution in [0, 0.1) is 0 Å². The number of nitrogens with one attached hydrogen (secondary N) is 1. The van der Waals surface area contributed by atoms with Crippen molar-refractivity contribution in [2.45, 2.75) is 11.5 Å². The Morgan fingerprint density at radius 1 is 1.05 bits per heavy atom. The number of benzene rings is 2. The van der Waals surface area contributed by atoms with Crippen LogP contribution < -0.4 is 4.74 Å². The first-order valence-electron chi connectivity index (χ1n) is 6.27. The van der Waals surface area contributed by atoms with Gasteiger partial charge in [0.2, 0.25) is 0 Å². The molecule has 0 saturated carbocycles. The highest BCUT2D eigenvalue weighted by Crippen LogP contribution is 2.31. The molecule has 6 heteroatoms. The third-order valence-corrected chi connectivity index (χ3v) is 4.50. The summed E-state index contributed by atoms with van der Waals surface area (Å²) in [5.41, 5.74) is 1.65. The van der Waals surface area contributed by atoms with Crippen molar-refractivity contribution in [2.75, 3.05) is 0 Å². The summed E-state index contributed by atoms with van der Waals surface area (Å²) in [6.07, 6.45) is 1.38. The number of fused-ring (bicyclic) bond motifs is 1. The van der Waals surface area contributed by atoms with Gasteiger partial charge >= 0.3 is 0 Å². The fraction of sp³-hybridized carbons (Fsp3) is 0.0667. The molecule has 1 aromatic heterocycles. The normalized spacial score (nSPS) is 11.7. The Kier molecular flexibility index (Phi) is 3.61. The molecule has 0 saturated heterocycles. The SMILES string of the molecule is O=S(=O)(Cl)c1c[nH]c2c(OCc3ccccc3)cccc12. The molecule has 0 fully saturated rings. The van der Waals surface area contributed by atoms with Gasteiger partial charge in [0.05, 0.1) is 5.52 Å². The molecule has 0 radical (unpaired) electrons. The molecule has 0 aliphatic rings. The molecule has 3 aromatic rings. The molecule has 0 unspecified atom stereocenters. The topological polar surface area (TPSA) is 59.2 Å². The number of hydrogen-bond acceptors (Lipinski definition) is 3. The second-order valence-corrected chi connectivity index (χ2v) is 7.08. The molecule has 0 aliphatic heterocycles. The maximum Gasteiger partial charge on any atom is 0.263 e. The van der Waals surface area contributed by atoms with Crippen LogP contribution in [-0.4, -0.2) is 13.4 Å².